The van der Waals surface area contributed by atoms with Crippen molar-refractivity contribution in [1.29, 1.82) is 0 Å². The van der Waals surface area contributed by atoms with Crippen molar-refractivity contribution in [1.82, 2.24) is 10.3 Å². The number of rotatable bonds is 4. The van der Waals surface area contributed by atoms with E-state index >= 15 is 0 Å². The Morgan fingerprint density at radius 2 is 2.14 bits per heavy atom. The lowest BCUT2D eigenvalue weighted by Gasteiger charge is -2.21. The van der Waals surface area contributed by atoms with Crippen LogP contribution in [0.5, 0.6) is 0 Å². The molecule has 1 atom stereocenters. The summed E-state index contributed by atoms with van der Waals surface area (Å²) in [6, 6.07) is 0.375. The molecule has 0 saturated heterocycles. The summed E-state index contributed by atoms with van der Waals surface area (Å²) >= 11 is 7.57. The van der Waals surface area contributed by atoms with Gasteiger partial charge in [-0.3, -0.25) is 4.98 Å². The molecule has 0 aromatic carbocycles. The van der Waals surface area contributed by atoms with Crippen LogP contribution in [0.25, 0.3) is 0 Å². The van der Waals surface area contributed by atoms with Gasteiger partial charge in [-0.2, -0.15) is 13.2 Å². The van der Waals surface area contributed by atoms with Gasteiger partial charge < -0.3 is 5.32 Å². The molecule has 0 aliphatic carbocycles. The van der Waals surface area contributed by atoms with Crippen LogP contribution in [0.4, 0.5) is 13.2 Å². The van der Waals surface area contributed by atoms with Crippen LogP contribution >= 0.6 is 22.9 Å². The zero-order chi connectivity index (χ0) is 15.6. The Balaban J connectivity index is 2.57. The second kappa shape index (κ2) is 6.34. The maximum absolute atomic E-state index is 13.2. The fourth-order valence-corrected chi connectivity index (χ4v) is 3.48. The van der Waals surface area contributed by atoms with Gasteiger partial charge in [0.05, 0.1) is 16.6 Å². The summed E-state index contributed by atoms with van der Waals surface area (Å²) in [5, 5.41) is 5.41. The van der Waals surface area contributed by atoms with Crippen molar-refractivity contribution < 1.29 is 13.2 Å². The van der Waals surface area contributed by atoms with E-state index in [9.17, 15) is 13.2 Å². The van der Waals surface area contributed by atoms with Crippen LogP contribution in [-0.2, 0) is 6.18 Å². The Morgan fingerprint density at radius 3 is 2.67 bits per heavy atom. The fourth-order valence-electron chi connectivity index (χ4n) is 2.09. The summed E-state index contributed by atoms with van der Waals surface area (Å²) in [5.74, 6) is 0. The van der Waals surface area contributed by atoms with Crippen LogP contribution in [0.1, 0.15) is 34.5 Å². The Hall–Kier alpha value is -1.11. The number of halogens is 4. The zero-order valence-electron chi connectivity index (χ0n) is 11.5. The monoisotopic (exact) mass is 334 g/mol. The summed E-state index contributed by atoms with van der Waals surface area (Å²) in [6.07, 6.45) is -2.02. The second-order valence-corrected chi connectivity index (χ2v) is 5.84. The van der Waals surface area contributed by atoms with Gasteiger partial charge in [-0.25, -0.2) is 0 Å². The highest BCUT2D eigenvalue weighted by molar-refractivity contribution is 7.10. The molecule has 0 saturated carbocycles. The number of pyridine rings is 1. The van der Waals surface area contributed by atoms with Gasteiger partial charge in [0.25, 0.3) is 0 Å². The molecule has 114 valence electrons. The highest BCUT2D eigenvalue weighted by atomic mass is 35.5. The summed E-state index contributed by atoms with van der Waals surface area (Å²) in [5.41, 5.74) is 0.262. The average molecular weight is 335 g/mol. The standard InChI is InChI=1S/C14H14ClF3N2S/c1-3-20-12(13-11(15)8(2)7-21-13)9-6-19-5-4-10(9)14(16,17)18/h4-7,12,20H,3H2,1-2H3. The van der Waals surface area contributed by atoms with Crippen molar-refractivity contribution in [2.45, 2.75) is 26.1 Å². The van der Waals surface area contributed by atoms with Crippen LogP contribution in [0, 0.1) is 6.92 Å². The molecule has 0 bridgehead atoms. The molecule has 21 heavy (non-hydrogen) atoms. The number of hydrogen-bond donors (Lipinski definition) is 1. The lowest BCUT2D eigenvalue weighted by atomic mass is 10.0. The summed E-state index contributed by atoms with van der Waals surface area (Å²) in [4.78, 5) is 4.52. The molecular weight excluding hydrogens is 321 g/mol. The maximum Gasteiger partial charge on any atom is 0.416 e. The molecule has 0 aliphatic rings. The van der Waals surface area contributed by atoms with Crippen LogP contribution in [0.2, 0.25) is 5.02 Å². The first-order chi connectivity index (χ1) is 9.86. The SMILES string of the molecule is CCNC(c1cnccc1C(F)(F)F)c1scc(C)c1Cl. The van der Waals surface area contributed by atoms with Gasteiger partial charge in [-0.15, -0.1) is 11.3 Å². The highest BCUT2D eigenvalue weighted by Gasteiger charge is 2.36. The fraction of sp³-hybridized carbons (Fsp3) is 0.357. The third-order valence-electron chi connectivity index (χ3n) is 3.06. The van der Waals surface area contributed by atoms with E-state index in [4.69, 9.17) is 11.6 Å². The van der Waals surface area contributed by atoms with E-state index in [1.54, 1.807) is 0 Å². The minimum atomic E-state index is -4.43. The largest absolute Gasteiger partial charge is 0.416 e. The van der Waals surface area contributed by atoms with Crippen molar-refractivity contribution in [2.75, 3.05) is 6.54 Å². The van der Waals surface area contributed by atoms with Gasteiger partial charge in [0.1, 0.15) is 0 Å². The Labute approximate surface area is 130 Å². The van der Waals surface area contributed by atoms with Gasteiger partial charge in [-0.1, -0.05) is 18.5 Å². The smallest absolute Gasteiger partial charge is 0.306 e. The van der Waals surface area contributed by atoms with Gasteiger partial charge >= 0.3 is 6.18 Å². The van der Waals surface area contributed by atoms with E-state index in [2.05, 4.69) is 10.3 Å². The number of nitrogens with one attached hydrogen (secondary N) is 1. The molecule has 2 heterocycles. The highest BCUT2D eigenvalue weighted by Crippen LogP contribution is 2.40. The minimum Gasteiger partial charge on any atom is -0.306 e. The van der Waals surface area contributed by atoms with Crippen molar-refractivity contribution in [3.63, 3.8) is 0 Å². The predicted molar refractivity (Wildman–Crippen MR) is 78.8 cm³/mol. The van der Waals surface area contributed by atoms with E-state index in [1.807, 2.05) is 19.2 Å². The topological polar surface area (TPSA) is 24.9 Å². The summed E-state index contributed by atoms with van der Waals surface area (Å²) < 4.78 is 39.6. The molecule has 1 unspecified atom stereocenters. The molecule has 0 amide bonds. The van der Waals surface area contributed by atoms with E-state index in [-0.39, 0.29) is 5.56 Å². The van der Waals surface area contributed by atoms with E-state index in [0.717, 1.165) is 17.8 Å². The van der Waals surface area contributed by atoms with Gasteiger partial charge in [0.15, 0.2) is 0 Å². The first-order valence-corrected chi connectivity index (χ1v) is 7.60. The molecule has 0 fully saturated rings. The van der Waals surface area contributed by atoms with Crippen molar-refractivity contribution in [3.05, 3.63) is 50.4 Å². The van der Waals surface area contributed by atoms with E-state index < -0.39 is 17.8 Å². The molecule has 1 N–H and O–H groups in total. The molecule has 2 aromatic heterocycles. The number of aryl methyl sites for hydroxylation is 1. The average Bonchev–Trinajstić information content (AvgIpc) is 2.76. The molecular formula is C14H14ClF3N2S. The summed E-state index contributed by atoms with van der Waals surface area (Å²) in [7, 11) is 0. The lowest BCUT2D eigenvalue weighted by Crippen LogP contribution is -2.24. The maximum atomic E-state index is 13.2. The van der Waals surface area contributed by atoms with Gasteiger partial charge in [-0.05, 0) is 30.5 Å². The summed E-state index contributed by atoms with van der Waals surface area (Å²) in [6.45, 7) is 4.19. The molecule has 0 radical (unpaired) electrons. The van der Waals surface area contributed by atoms with E-state index in [1.165, 1.54) is 17.5 Å². The second-order valence-electron chi connectivity index (χ2n) is 4.55. The number of aromatic nitrogens is 1. The quantitative estimate of drug-likeness (QED) is 0.866. The van der Waals surface area contributed by atoms with Gasteiger partial charge in [0.2, 0.25) is 0 Å². The van der Waals surface area contributed by atoms with Gasteiger partial charge in [0, 0.05) is 22.8 Å². The molecule has 0 aliphatic heterocycles. The van der Waals surface area contributed by atoms with Crippen LogP contribution in [0.3, 0.4) is 0 Å². The number of alkyl halides is 3. The Morgan fingerprint density at radius 1 is 1.43 bits per heavy atom. The molecule has 2 rings (SSSR count). The zero-order valence-corrected chi connectivity index (χ0v) is 13.0. The molecule has 7 heteroatoms. The normalized spacial score (nSPS) is 13.4. The predicted octanol–water partition coefficient (Wildman–Crippen LogP) is 4.82. The number of thiophene rings is 1. The van der Waals surface area contributed by atoms with Crippen LogP contribution in [-0.4, -0.2) is 11.5 Å². The van der Waals surface area contributed by atoms with Crippen molar-refractivity contribution in [2.24, 2.45) is 0 Å². The minimum absolute atomic E-state index is 0.0931. The van der Waals surface area contributed by atoms with Crippen molar-refractivity contribution >= 4 is 22.9 Å². The Kier molecular flexibility index (Phi) is 4.91. The van der Waals surface area contributed by atoms with E-state index in [0.29, 0.717) is 16.4 Å². The third kappa shape index (κ3) is 3.39. The van der Waals surface area contributed by atoms with Crippen molar-refractivity contribution in [3.8, 4) is 0 Å². The number of hydrogen-bond acceptors (Lipinski definition) is 3. The molecule has 2 aromatic rings. The molecule has 0 spiro atoms. The first-order valence-electron chi connectivity index (χ1n) is 6.34. The third-order valence-corrected chi connectivity index (χ3v) is 4.84. The number of nitrogens with zero attached hydrogens (tertiary/aromatic N) is 1. The Bertz CT molecular complexity index is 625. The van der Waals surface area contributed by atoms with Crippen LogP contribution < -0.4 is 5.32 Å². The first kappa shape index (κ1) is 16.3. The lowest BCUT2D eigenvalue weighted by molar-refractivity contribution is -0.138. The van der Waals surface area contributed by atoms with Crippen LogP contribution in [0.15, 0.2) is 23.8 Å². The molecule has 2 nitrogen and oxygen atoms in total.